The van der Waals surface area contributed by atoms with Crippen LogP contribution in [0.4, 0.5) is 0 Å². The van der Waals surface area contributed by atoms with E-state index in [4.69, 9.17) is 5.11 Å². The van der Waals surface area contributed by atoms with Crippen molar-refractivity contribution in [3.63, 3.8) is 0 Å². The summed E-state index contributed by atoms with van der Waals surface area (Å²) >= 11 is 1.38. The van der Waals surface area contributed by atoms with Gasteiger partial charge in [-0.05, 0) is 20.2 Å². The molecule has 2 atom stereocenters. The van der Waals surface area contributed by atoms with Crippen molar-refractivity contribution >= 4 is 23.6 Å². The molecule has 0 saturated carbocycles. The molecular weight excluding hydrogens is 204 g/mol. The topological polar surface area (TPSA) is 78.4 Å². The highest BCUT2D eigenvalue weighted by molar-refractivity contribution is 7.98. The molecule has 0 aliphatic heterocycles. The third-order valence-electron chi connectivity index (χ3n) is 1.77. The number of rotatable bonds is 6. The van der Waals surface area contributed by atoms with E-state index in [0.717, 1.165) is 0 Å². The molecule has 1 amide bonds. The summed E-state index contributed by atoms with van der Waals surface area (Å²) in [5.41, 5.74) is 0. The first-order valence-corrected chi connectivity index (χ1v) is 5.61. The van der Waals surface area contributed by atoms with Gasteiger partial charge in [-0.2, -0.15) is 11.8 Å². The Kier molecular flexibility index (Phi) is 6.31. The molecule has 0 bridgehead atoms. The number of likely N-dealkylation sites (N-methyl/N-ethyl adjacent to an activating group) is 1. The fourth-order valence-electron chi connectivity index (χ4n) is 0.769. The van der Waals surface area contributed by atoms with Crippen LogP contribution in [0.25, 0.3) is 0 Å². The first-order chi connectivity index (χ1) is 6.52. The van der Waals surface area contributed by atoms with Gasteiger partial charge in [-0.3, -0.25) is 4.79 Å². The largest absolute Gasteiger partial charge is 0.480 e. The summed E-state index contributed by atoms with van der Waals surface area (Å²) in [7, 11) is 1.65. The van der Waals surface area contributed by atoms with Gasteiger partial charge < -0.3 is 15.7 Å². The Hall–Kier alpha value is -0.750. The second kappa shape index (κ2) is 6.67. The van der Waals surface area contributed by atoms with Gasteiger partial charge in [-0.1, -0.05) is 0 Å². The van der Waals surface area contributed by atoms with Crippen LogP contribution in [0.3, 0.4) is 0 Å². The summed E-state index contributed by atoms with van der Waals surface area (Å²) in [5, 5.41) is 13.9. The van der Waals surface area contributed by atoms with Crippen LogP contribution in [0, 0.1) is 0 Å². The Bertz CT molecular complexity index is 211. The molecule has 0 fully saturated rings. The lowest BCUT2D eigenvalue weighted by Crippen LogP contribution is -2.49. The molecular formula is C8H16N2O3S. The van der Waals surface area contributed by atoms with Gasteiger partial charge in [-0.15, -0.1) is 0 Å². The van der Waals surface area contributed by atoms with Crippen molar-refractivity contribution in [1.29, 1.82) is 0 Å². The number of carbonyl (C=O) groups excluding carboxylic acids is 1. The normalized spacial score (nSPS) is 14.5. The highest BCUT2D eigenvalue weighted by Crippen LogP contribution is 1.98. The van der Waals surface area contributed by atoms with E-state index in [0.29, 0.717) is 5.75 Å². The first kappa shape index (κ1) is 13.2. The number of aliphatic carboxylic acids is 1. The van der Waals surface area contributed by atoms with Gasteiger partial charge >= 0.3 is 5.97 Å². The van der Waals surface area contributed by atoms with E-state index in [-0.39, 0.29) is 11.9 Å². The molecule has 6 heteroatoms. The fraction of sp³-hybridized carbons (Fsp3) is 0.750. The predicted molar refractivity (Wildman–Crippen MR) is 56.5 cm³/mol. The molecule has 0 aromatic rings. The minimum atomic E-state index is -1.00. The smallest absolute Gasteiger partial charge is 0.327 e. The van der Waals surface area contributed by atoms with Gasteiger partial charge in [0.15, 0.2) is 0 Å². The summed E-state index contributed by atoms with van der Waals surface area (Å²) in [6, 6.07) is -1.19. The molecule has 0 aromatic heterocycles. The van der Waals surface area contributed by atoms with E-state index in [1.54, 1.807) is 20.2 Å². The van der Waals surface area contributed by atoms with E-state index in [9.17, 15) is 9.59 Å². The lowest BCUT2D eigenvalue weighted by Gasteiger charge is -2.16. The summed E-state index contributed by atoms with van der Waals surface area (Å²) in [6.07, 6.45) is 1.80. The Labute approximate surface area is 87.6 Å². The lowest BCUT2D eigenvalue weighted by molar-refractivity contribution is -0.141. The van der Waals surface area contributed by atoms with Crippen LogP contribution in [-0.2, 0) is 9.59 Å². The van der Waals surface area contributed by atoms with Gasteiger partial charge in [0.25, 0.3) is 0 Å². The van der Waals surface area contributed by atoms with Crippen LogP contribution in [0.2, 0.25) is 0 Å². The number of hydrogen-bond acceptors (Lipinski definition) is 4. The van der Waals surface area contributed by atoms with E-state index < -0.39 is 12.0 Å². The quantitative estimate of drug-likeness (QED) is 0.564. The van der Waals surface area contributed by atoms with Crippen molar-refractivity contribution in [2.75, 3.05) is 19.1 Å². The average Bonchev–Trinajstić information content (AvgIpc) is 2.15. The van der Waals surface area contributed by atoms with E-state index in [1.807, 2.05) is 0 Å². The maximum Gasteiger partial charge on any atom is 0.327 e. The van der Waals surface area contributed by atoms with Gasteiger partial charge in [0.1, 0.15) is 6.04 Å². The molecule has 1 unspecified atom stereocenters. The molecule has 5 nitrogen and oxygen atoms in total. The third-order valence-corrected chi connectivity index (χ3v) is 2.44. The number of amides is 1. The molecule has 0 aliphatic rings. The van der Waals surface area contributed by atoms with Crippen molar-refractivity contribution in [3.05, 3.63) is 0 Å². The molecule has 82 valence electrons. The van der Waals surface area contributed by atoms with Crippen LogP contribution in [0.5, 0.6) is 0 Å². The average molecular weight is 220 g/mol. The van der Waals surface area contributed by atoms with Gasteiger partial charge in [0, 0.05) is 5.75 Å². The first-order valence-electron chi connectivity index (χ1n) is 4.22. The molecule has 0 aromatic carbocycles. The van der Waals surface area contributed by atoms with E-state index >= 15 is 0 Å². The molecule has 0 aliphatic carbocycles. The number of hydrogen-bond donors (Lipinski definition) is 3. The van der Waals surface area contributed by atoms with Crippen molar-refractivity contribution < 1.29 is 14.7 Å². The molecule has 0 radical (unpaired) electrons. The van der Waals surface area contributed by atoms with Gasteiger partial charge in [0.2, 0.25) is 5.91 Å². The van der Waals surface area contributed by atoms with Crippen molar-refractivity contribution in [2.24, 2.45) is 0 Å². The Morgan fingerprint density at radius 1 is 1.50 bits per heavy atom. The number of nitrogens with one attached hydrogen (secondary N) is 2. The minimum absolute atomic E-state index is 0.297. The summed E-state index contributed by atoms with van der Waals surface area (Å²) < 4.78 is 0. The third kappa shape index (κ3) is 4.48. The number of carbonyl (C=O) groups is 2. The molecule has 0 spiro atoms. The van der Waals surface area contributed by atoms with Gasteiger partial charge in [0.05, 0.1) is 6.04 Å². The van der Waals surface area contributed by atoms with Crippen molar-refractivity contribution in [1.82, 2.24) is 10.6 Å². The maximum atomic E-state index is 11.3. The Morgan fingerprint density at radius 3 is 2.43 bits per heavy atom. The number of carboxylic acids is 1. The number of thioether (sulfide) groups is 1. The molecule has 0 heterocycles. The molecule has 14 heavy (non-hydrogen) atoms. The van der Waals surface area contributed by atoms with Crippen LogP contribution in [0.15, 0.2) is 0 Å². The fourth-order valence-corrected chi connectivity index (χ4v) is 1.33. The predicted octanol–water partition coefficient (Wildman–Crippen LogP) is -0.473. The number of carboxylic acid groups (broad SMARTS) is 1. The Balaban J connectivity index is 4.15. The second-order valence-electron chi connectivity index (χ2n) is 2.87. The standard InChI is InChI=1S/C8H16N2O3S/c1-5(9-2)7(11)10-6(4-14-3)8(12)13/h5-6,9H,4H2,1-3H3,(H,10,11)(H,12,13)/t5?,6-/m0/s1. The van der Waals surface area contributed by atoms with Crippen LogP contribution in [-0.4, -0.2) is 48.1 Å². The maximum absolute atomic E-state index is 11.3. The Morgan fingerprint density at radius 2 is 2.07 bits per heavy atom. The zero-order chi connectivity index (χ0) is 11.1. The second-order valence-corrected chi connectivity index (χ2v) is 3.78. The minimum Gasteiger partial charge on any atom is -0.480 e. The van der Waals surface area contributed by atoms with Crippen molar-refractivity contribution in [2.45, 2.75) is 19.0 Å². The van der Waals surface area contributed by atoms with E-state index in [2.05, 4.69) is 10.6 Å². The van der Waals surface area contributed by atoms with Crippen LogP contribution < -0.4 is 10.6 Å². The van der Waals surface area contributed by atoms with Crippen LogP contribution >= 0.6 is 11.8 Å². The van der Waals surface area contributed by atoms with E-state index in [1.165, 1.54) is 11.8 Å². The summed E-state index contributed by atoms with van der Waals surface area (Å²) in [5.74, 6) is -0.928. The summed E-state index contributed by atoms with van der Waals surface area (Å²) in [4.78, 5) is 22.0. The van der Waals surface area contributed by atoms with Gasteiger partial charge in [-0.25, -0.2) is 4.79 Å². The monoisotopic (exact) mass is 220 g/mol. The molecule has 0 rings (SSSR count). The lowest BCUT2D eigenvalue weighted by atomic mass is 10.2. The highest BCUT2D eigenvalue weighted by Gasteiger charge is 2.21. The van der Waals surface area contributed by atoms with Crippen LogP contribution in [0.1, 0.15) is 6.92 Å². The zero-order valence-corrected chi connectivity index (χ0v) is 9.35. The van der Waals surface area contributed by atoms with Crippen molar-refractivity contribution in [3.8, 4) is 0 Å². The molecule has 3 N–H and O–H groups in total. The zero-order valence-electron chi connectivity index (χ0n) is 8.53. The molecule has 0 saturated heterocycles. The highest BCUT2D eigenvalue weighted by atomic mass is 32.2. The SMILES string of the molecule is CNC(C)C(=O)N[C@@H](CSC)C(=O)O. The summed E-state index contributed by atoms with van der Waals surface area (Å²) in [6.45, 7) is 1.67.